The van der Waals surface area contributed by atoms with Gasteiger partial charge < -0.3 is 15.3 Å². The van der Waals surface area contributed by atoms with Crippen molar-refractivity contribution in [2.24, 2.45) is 0 Å². The molecule has 0 saturated heterocycles. The van der Waals surface area contributed by atoms with Gasteiger partial charge >= 0.3 is 0 Å². The van der Waals surface area contributed by atoms with E-state index in [2.05, 4.69) is 12.1 Å². The van der Waals surface area contributed by atoms with E-state index in [0.717, 1.165) is 22.3 Å². The minimum absolute atomic E-state index is 0.196. The van der Waals surface area contributed by atoms with Gasteiger partial charge in [0.2, 0.25) is 0 Å². The number of phenols is 3. The molecule has 28 heavy (non-hydrogen) atoms. The first-order valence-electron chi connectivity index (χ1n) is 9.05. The van der Waals surface area contributed by atoms with Crippen molar-refractivity contribution < 1.29 is 15.3 Å². The topological polar surface area (TPSA) is 60.7 Å². The molecule has 0 saturated carbocycles. The third-order valence-corrected chi connectivity index (χ3v) is 5.11. The van der Waals surface area contributed by atoms with E-state index in [1.807, 2.05) is 54.6 Å². The van der Waals surface area contributed by atoms with Crippen molar-refractivity contribution in [2.45, 2.75) is 5.41 Å². The molecule has 0 aliphatic rings. The number of hydrogen-bond acceptors (Lipinski definition) is 3. The Morgan fingerprint density at radius 1 is 0.357 bits per heavy atom. The summed E-state index contributed by atoms with van der Waals surface area (Å²) in [5.41, 5.74) is 3.25. The quantitative estimate of drug-likeness (QED) is 0.435. The van der Waals surface area contributed by atoms with E-state index in [1.165, 1.54) is 0 Å². The lowest BCUT2D eigenvalue weighted by molar-refractivity contribution is 0.474. The Hall–Kier alpha value is -3.72. The molecule has 0 bridgehead atoms. The van der Waals surface area contributed by atoms with Crippen LogP contribution in [0.3, 0.4) is 0 Å². The average Bonchev–Trinajstić information content (AvgIpc) is 2.73. The summed E-state index contributed by atoms with van der Waals surface area (Å²) < 4.78 is 0. The molecule has 3 heteroatoms. The van der Waals surface area contributed by atoms with E-state index in [0.29, 0.717) is 0 Å². The van der Waals surface area contributed by atoms with Crippen molar-refractivity contribution in [3.63, 3.8) is 0 Å². The predicted molar refractivity (Wildman–Crippen MR) is 110 cm³/mol. The number of rotatable bonds is 4. The Morgan fingerprint density at radius 2 is 0.643 bits per heavy atom. The van der Waals surface area contributed by atoms with E-state index < -0.39 is 5.41 Å². The zero-order chi connectivity index (χ0) is 19.6. The Kier molecular flexibility index (Phi) is 4.50. The monoisotopic (exact) mass is 368 g/mol. The fraction of sp³-hybridized carbons (Fsp3) is 0.0400. The van der Waals surface area contributed by atoms with Gasteiger partial charge in [-0.05, 0) is 58.7 Å². The molecule has 4 aromatic carbocycles. The van der Waals surface area contributed by atoms with Gasteiger partial charge in [0, 0.05) is 0 Å². The number of aromatic hydroxyl groups is 3. The molecule has 0 atom stereocenters. The van der Waals surface area contributed by atoms with Crippen LogP contribution in [0, 0.1) is 0 Å². The molecule has 4 aromatic rings. The molecular formula is C25H20O3. The van der Waals surface area contributed by atoms with Crippen molar-refractivity contribution in [1.82, 2.24) is 0 Å². The van der Waals surface area contributed by atoms with Gasteiger partial charge in [-0.2, -0.15) is 0 Å². The van der Waals surface area contributed by atoms with E-state index in [1.54, 1.807) is 36.4 Å². The van der Waals surface area contributed by atoms with Crippen LogP contribution in [0.4, 0.5) is 0 Å². The molecule has 0 unspecified atom stereocenters. The second-order valence-corrected chi connectivity index (χ2v) is 6.76. The molecule has 3 nitrogen and oxygen atoms in total. The van der Waals surface area contributed by atoms with E-state index in [-0.39, 0.29) is 17.2 Å². The summed E-state index contributed by atoms with van der Waals surface area (Å²) >= 11 is 0. The zero-order valence-corrected chi connectivity index (χ0v) is 15.2. The van der Waals surface area contributed by atoms with Crippen LogP contribution in [0.5, 0.6) is 17.2 Å². The molecular weight excluding hydrogens is 348 g/mol. The van der Waals surface area contributed by atoms with Crippen molar-refractivity contribution in [1.29, 1.82) is 0 Å². The molecule has 0 aliphatic carbocycles. The van der Waals surface area contributed by atoms with Crippen LogP contribution >= 0.6 is 0 Å². The largest absolute Gasteiger partial charge is 0.508 e. The highest BCUT2D eigenvalue weighted by Gasteiger charge is 2.38. The fourth-order valence-corrected chi connectivity index (χ4v) is 3.82. The lowest BCUT2D eigenvalue weighted by Gasteiger charge is -2.36. The summed E-state index contributed by atoms with van der Waals surface area (Å²) in [5, 5.41) is 29.5. The Morgan fingerprint density at radius 3 is 0.964 bits per heavy atom. The minimum atomic E-state index is -0.684. The average molecular weight is 368 g/mol. The molecule has 0 fully saturated rings. The predicted octanol–water partition coefficient (Wildman–Crippen LogP) is 5.19. The van der Waals surface area contributed by atoms with E-state index in [9.17, 15) is 15.3 Å². The molecule has 0 heterocycles. The van der Waals surface area contributed by atoms with Crippen molar-refractivity contribution in [2.75, 3.05) is 0 Å². The van der Waals surface area contributed by atoms with Gasteiger partial charge in [-0.3, -0.25) is 0 Å². The molecule has 0 aliphatic heterocycles. The van der Waals surface area contributed by atoms with Crippen LogP contribution in [0.25, 0.3) is 0 Å². The summed E-state index contributed by atoms with van der Waals surface area (Å²) in [6.45, 7) is 0. The van der Waals surface area contributed by atoms with Crippen molar-refractivity contribution >= 4 is 0 Å². The van der Waals surface area contributed by atoms with Gasteiger partial charge in [0.15, 0.2) is 0 Å². The molecule has 0 radical (unpaired) electrons. The van der Waals surface area contributed by atoms with Crippen molar-refractivity contribution in [3.8, 4) is 17.2 Å². The highest BCUT2D eigenvalue weighted by Crippen LogP contribution is 2.46. The zero-order valence-electron chi connectivity index (χ0n) is 15.2. The first-order chi connectivity index (χ1) is 13.6. The van der Waals surface area contributed by atoms with Gasteiger partial charge in [-0.15, -0.1) is 0 Å². The normalized spacial score (nSPS) is 11.3. The van der Waals surface area contributed by atoms with Crippen LogP contribution in [0.2, 0.25) is 0 Å². The maximum atomic E-state index is 9.84. The maximum Gasteiger partial charge on any atom is 0.115 e. The van der Waals surface area contributed by atoms with Gasteiger partial charge in [0.05, 0.1) is 5.41 Å². The molecule has 138 valence electrons. The third-order valence-electron chi connectivity index (χ3n) is 5.11. The Balaban J connectivity index is 2.11. The van der Waals surface area contributed by atoms with Crippen LogP contribution in [-0.2, 0) is 5.41 Å². The summed E-state index contributed by atoms with van der Waals surface area (Å²) in [7, 11) is 0. The SMILES string of the molecule is Oc1ccc(C(c2ccccc2)(c2ccc(O)cc2)c2ccc(O)cc2)cc1. The highest BCUT2D eigenvalue weighted by atomic mass is 16.3. The second kappa shape index (κ2) is 7.12. The van der Waals surface area contributed by atoms with Crippen LogP contribution in [-0.4, -0.2) is 15.3 Å². The minimum Gasteiger partial charge on any atom is -0.508 e. The summed E-state index contributed by atoms with van der Waals surface area (Å²) in [6.07, 6.45) is 0. The lowest BCUT2D eigenvalue weighted by atomic mass is 9.65. The van der Waals surface area contributed by atoms with Gasteiger partial charge in [0.25, 0.3) is 0 Å². The molecule has 0 spiro atoms. The first kappa shape index (κ1) is 17.7. The molecule has 3 N–H and O–H groups in total. The highest BCUT2D eigenvalue weighted by molar-refractivity contribution is 5.60. The molecule has 0 amide bonds. The van der Waals surface area contributed by atoms with Gasteiger partial charge in [-0.1, -0.05) is 66.7 Å². The Labute approximate surface area is 163 Å². The first-order valence-corrected chi connectivity index (χ1v) is 9.05. The van der Waals surface area contributed by atoms with Crippen LogP contribution in [0.1, 0.15) is 22.3 Å². The number of benzene rings is 4. The standard InChI is InChI=1S/C25H20O3/c26-22-12-6-19(7-13-22)25(18-4-2-1-3-5-18,20-8-14-23(27)15-9-20)21-10-16-24(28)17-11-21/h1-17,26-28H. The maximum absolute atomic E-state index is 9.84. The smallest absolute Gasteiger partial charge is 0.115 e. The summed E-state index contributed by atoms with van der Waals surface area (Å²) in [6, 6.07) is 31.6. The van der Waals surface area contributed by atoms with Gasteiger partial charge in [-0.25, -0.2) is 0 Å². The van der Waals surface area contributed by atoms with Crippen LogP contribution in [0.15, 0.2) is 103 Å². The number of phenolic OH excluding ortho intramolecular Hbond substituents is 3. The van der Waals surface area contributed by atoms with E-state index in [4.69, 9.17) is 0 Å². The van der Waals surface area contributed by atoms with Crippen LogP contribution < -0.4 is 0 Å². The summed E-state index contributed by atoms with van der Waals surface area (Å²) in [5.74, 6) is 0.589. The Bertz CT molecular complexity index is 941. The van der Waals surface area contributed by atoms with E-state index >= 15 is 0 Å². The summed E-state index contributed by atoms with van der Waals surface area (Å²) in [4.78, 5) is 0. The van der Waals surface area contributed by atoms with Crippen molar-refractivity contribution in [3.05, 3.63) is 125 Å². The third kappa shape index (κ3) is 2.97. The lowest BCUT2D eigenvalue weighted by Crippen LogP contribution is -2.30. The second-order valence-electron chi connectivity index (χ2n) is 6.76. The number of hydrogen-bond donors (Lipinski definition) is 3. The van der Waals surface area contributed by atoms with Gasteiger partial charge in [0.1, 0.15) is 17.2 Å². The molecule has 0 aromatic heterocycles. The molecule has 4 rings (SSSR count). The fourth-order valence-electron chi connectivity index (χ4n) is 3.82.